The van der Waals surface area contributed by atoms with E-state index in [0.29, 0.717) is 30.3 Å². The summed E-state index contributed by atoms with van der Waals surface area (Å²) in [5, 5.41) is 3.54. The number of aromatic nitrogens is 2. The Hall–Kier alpha value is -3.51. The lowest BCUT2D eigenvalue weighted by molar-refractivity contribution is -0.123. The zero-order valence-corrected chi connectivity index (χ0v) is 20.8. The number of para-hydroxylation sites is 2. The number of ether oxygens (including phenoxy) is 2. The summed E-state index contributed by atoms with van der Waals surface area (Å²) < 4.78 is 13.7. The zero-order chi connectivity index (χ0) is 24.6. The van der Waals surface area contributed by atoms with Crippen molar-refractivity contribution >= 4 is 28.5 Å². The van der Waals surface area contributed by atoms with Crippen molar-refractivity contribution in [2.24, 2.45) is 0 Å². The number of nitrogens with zero attached hydrogens (tertiary/aromatic N) is 2. The van der Waals surface area contributed by atoms with Crippen LogP contribution in [0.15, 0.2) is 66.7 Å². The maximum Gasteiger partial charge on any atom is 0.257 e. The molecular formula is C28H30ClN3O3. The van der Waals surface area contributed by atoms with Crippen LogP contribution in [0.2, 0.25) is 5.02 Å². The molecule has 1 heterocycles. The van der Waals surface area contributed by atoms with Gasteiger partial charge < -0.3 is 19.4 Å². The van der Waals surface area contributed by atoms with Gasteiger partial charge in [-0.2, -0.15) is 0 Å². The number of carbonyl (C=O) groups is 1. The van der Waals surface area contributed by atoms with E-state index in [1.165, 1.54) is 11.1 Å². The Morgan fingerprint density at radius 1 is 0.971 bits per heavy atom. The third-order valence-electron chi connectivity index (χ3n) is 5.86. The van der Waals surface area contributed by atoms with Crippen LogP contribution in [0.4, 0.5) is 0 Å². The first-order valence-corrected chi connectivity index (χ1v) is 12.2. The van der Waals surface area contributed by atoms with Gasteiger partial charge in [-0.3, -0.25) is 4.79 Å². The van der Waals surface area contributed by atoms with Crippen molar-refractivity contribution in [2.75, 3.05) is 19.8 Å². The number of amides is 1. The summed E-state index contributed by atoms with van der Waals surface area (Å²) >= 11 is 5.87. The van der Waals surface area contributed by atoms with Crippen molar-refractivity contribution in [1.82, 2.24) is 14.9 Å². The minimum absolute atomic E-state index is 0.0477. The second-order valence-electron chi connectivity index (χ2n) is 8.46. The van der Waals surface area contributed by atoms with Crippen LogP contribution in [0.1, 0.15) is 23.4 Å². The highest BCUT2D eigenvalue weighted by molar-refractivity contribution is 6.30. The van der Waals surface area contributed by atoms with Crippen molar-refractivity contribution in [3.63, 3.8) is 0 Å². The molecule has 1 aromatic heterocycles. The van der Waals surface area contributed by atoms with Gasteiger partial charge >= 0.3 is 0 Å². The molecule has 1 N–H and O–H groups in total. The summed E-state index contributed by atoms with van der Waals surface area (Å²) in [5.74, 6) is 2.27. The number of rotatable bonds is 11. The van der Waals surface area contributed by atoms with E-state index in [4.69, 9.17) is 26.1 Å². The van der Waals surface area contributed by atoms with Crippen molar-refractivity contribution < 1.29 is 14.3 Å². The number of hydrogen-bond donors (Lipinski definition) is 1. The number of hydrogen-bond acceptors (Lipinski definition) is 4. The Kier molecular flexibility index (Phi) is 8.27. The molecule has 182 valence electrons. The lowest BCUT2D eigenvalue weighted by atomic mass is 10.1. The quantitative estimate of drug-likeness (QED) is 0.281. The second kappa shape index (κ2) is 11.8. The third kappa shape index (κ3) is 6.76. The summed E-state index contributed by atoms with van der Waals surface area (Å²) in [6.07, 6.45) is 1.47. The summed E-state index contributed by atoms with van der Waals surface area (Å²) in [6, 6.07) is 21.2. The molecule has 0 saturated carbocycles. The van der Waals surface area contributed by atoms with E-state index in [-0.39, 0.29) is 12.5 Å². The standard InChI is InChI=1S/C28H30ClN3O3/c1-20-8-11-24(18-21(20)2)34-17-5-16-32-26-7-4-3-6-25(26)31-27(32)14-15-30-28(33)19-35-23-12-9-22(29)10-13-23/h3-4,6-13,18H,5,14-17,19H2,1-2H3,(H,30,33). The van der Waals surface area contributed by atoms with E-state index in [1.807, 2.05) is 24.3 Å². The first kappa shape index (κ1) is 24.6. The fourth-order valence-electron chi connectivity index (χ4n) is 3.83. The molecule has 4 rings (SSSR count). The Balaban J connectivity index is 1.29. The number of fused-ring (bicyclic) bond motifs is 1. The normalized spacial score (nSPS) is 10.9. The van der Waals surface area contributed by atoms with Crippen LogP contribution in [-0.2, 0) is 17.8 Å². The molecule has 0 saturated heterocycles. The fourth-order valence-corrected chi connectivity index (χ4v) is 3.95. The predicted molar refractivity (Wildman–Crippen MR) is 139 cm³/mol. The van der Waals surface area contributed by atoms with Gasteiger partial charge in [0.25, 0.3) is 5.91 Å². The Morgan fingerprint density at radius 2 is 1.74 bits per heavy atom. The summed E-state index contributed by atoms with van der Waals surface area (Å²) in [7, 11) is 0. The monoisotopic (exact) mass is 491 g/mol. The topological polar surface area (TPSA) is 65.4 Å². The molecule has 0 radical (unpaired) electrons. The van der Waals surface area contributed by atoms with Gasteiger partial charge in [0, 0.05) is 24.5 Å². The van der Waals surface area contributed by atoms with Crippen LogP contribution < -0.4 is 14.8 Å². The molecule has 3 aromatic carbocycles. The second-order valence-corrected chi connectivity index (χ2v) is 8.90. The first-order valence-electron chi connectivity index (χ1n) is 11.8. The molecule has 7 heteroatoms. The number of carbonyl (C=O) groups excluding carboxylic acids is 1. The number of halogens is 1. The Bertz CT molecular complexity index is 1280. The summed E-state index contributed by atoms with van der Waals surface area (Å²) in [6.45, 7) is 6.02. The van der Waals surface area contributed by atoms with Crippen molar-refractivity contribution in [3.8, 4) is 11.5 Å². The van der Waals surface area contributed by atoms with Crippen LogP contribution in [0.5, 0.6) is 11.5 Å². The molecule has 0 aliphatic carbocycles. The molecule has 0 bridgehead atoms. The van der Waals surface area contributed by atoms with E-state index in [0.717, 1.165) is 35.6 Å². The number of benzene rings is 3. The van der Waals surface area contributed by atoms with E-state index < -0.39 is 0 Å². The van der Waals surface area contributed by atoms with Crippen LogP contribution in [-0.4, -0.2) is 35.2 Å². The molecule has 0 aliphatic rings. The van der Waals surface area contributed by atoms with E-state index in [9.17, 15) is 4.79 Å². The number of aryl methyl sites for hydroxylation is 3. The molecule has 0 aliphatic heterocycles. The highest BCUT2D eigenvalue weighted by atomic mass is 35.5. The van der Waals surface area contributed by atoms with Gasteiger partial charge in [-0.1, -0.05) is 29.8 Å². The smallest absolute Gasteiger partial charge is 0.257 e. The Labute approximate surface area is 210 Å². The molecule has 0 unspecified atom stereocenters. The van der Waals surface area contributed by atoms with Gasteiger partial charge in [0.2, 0.25) is 0 Å². The first-order chi connectivity index (χ1) is 17.0. The average Bonchev–Trinajstić information content (AvgIpc) is 3.21. The van der Waals surface area contributed by atoms with Gasteiger partial charge in [0.1, 0.15) is 17.3 Å². The van der Waals surface area contributed by atoms with Crippen molar-refractivity contribution in [3.05, 3.63) is 88.7 Å². The minimum Gasteiger partial charge on any atom is -0.494 e. The predicted octanol–water partition coefficient (Wildman–Crippen LogP) is 5.51. The highest BCUT2D eigenvalue weighted by Gasteiger charge is 2.11. The minimum atomic E-state index is -0.176. The summed E-state index contributed by atoms with van der Waals surface area (Å²) in [5.41, 5.74) is 4.53. The molecule has 35 heavy (non-hydrogen) atoms. The largest absolute Gasteiger partial charge is 0.494 e. The molecule has 0 atom stereocenters. The molecular weight excluding hydrogens is 462 g/mol. The third-order valence-corrected chi connectivity index (χ3v) is 6.11. The fraction of sp³-hybridized carbons (Fsp3) is 0.286. The van der Waals surface area contributed by atoms with Crippen LogP contribution in [0.25, 0.3) is 11.0 Å². The zero-order valence-electron chi connectivity index (χ0n) is 20.1. The molecule has 6 nitrogen and oxygen atoms in total. The highest BCUT2D eigenvalue weighted by Crippen LogP contribution is 2.19. The average molecular weight is 492 g/mol. The van der Waals surface area contributed by atoms with Crippen LogP contribution in [0.3, 0.4) is 0 Å². The lowest BCUT2D eigenvalue weighted by Gasteiger charge is -2.12. The van der Waals surface area contributed by atoms with Gasteiger partial charge in [-0.15, -0.1) is 0 Å². The van der Waals surface area contributed by atoms with Gasteiger partial charge in [-0.05, 0) is 79.9 Å². The van der Waals surface area contributed by atoms with Gasteiger partial charge in [-0.25, -0.2) is 4.98 Å². The molecule has 1 amide bonds. The van der Waals surface area contributed by atoms with Crippen LogP contribution >= 0.6 is 11.6 Å². The van der Waals surface area contributed by atoms with E-state index in [2.05, 4.69) is 41.9 Å². The van der Waals surface area contributed by atoms with Crippen molar-refractivity contribution in [1.29, 1.82) is 0 Å². The number of imidazole rings is 1. The maximum atomic E-state index is 12.2. The van der Waals surface area contributed by atoms with Crippen LogP contribution in [0, 0.1) is 13.8 Å². The summed E-state index contributed by atoms with van der Waals surface area (Å²) in [4.78, 5) is 17.0. The van der Waals surface area contributed by atoms with E-state index >= 15 is 0 Å². The molecule has 0 spiro atoms. The van der Waals surface area contributed by atoms with Crippen molar-refractivity contribution in [2.45, 2.75) is 33.2 Å². The Morgan fingerprint density at radius 3 is 2.54 bits per heavy atom. The number of nitrogens with one attached hydrogen (secondary N) is 1. The SMILES string of the molecule is Cc1ccc(OCCCn2c(CCNC(=O)COc3ccc(Cl)cc3)nc3ccccc32)cc1C. The van der Waals surface area contributed by atoms with E-state index in [1.54, 1.807) is 24.3 Å². The maximum absolute atomic E-state index is 12.2. The lowest BCUT2D eigenvalue weighted by Crippen LogP contribution is -2.31. The molecule has 4 aromatic rings. The molecule has 0 fully saturated rings. The van der Waals surface area contributed by atoms with Gasteiger partial charge in [0.15, 0.2) is 6.61 Å². The van der Waals surface area contributed by atoms with Gasteiger partial charge in [0.05, 0.1) is 17.6 Å².